The van der Waals surface area contributed by atoms with Gasteiger partial charge in [-0.1, -0.05) is 6.92 Å². The Bertz CT molecular complexity index is 199. The summed E-state index contributed by atoms with van der Waals surface area (Å²) < 4.78 is 5.41. The molecular weight excluding hydrogens is 212 g/mol. The molecule has 1 aliphatic rings. The second-order valence-electron chi connectivity index (χ2n) is 5.53. The lowest BCUT2D eigenvalue weighted by atomic mass is 9.78. The molecule has 0 aliphatic heterocycles. The maximum atomic E-state index is 5.41. The lowest BCUT2D eigenvalue weighted by Crippen LogP contribution is -2.44. The van der Waals surface area contributed by atoms with Crippen molar-refractivity contribution in [3.8, 4) is 0 Å². The fourth-order valence-electron chi connectivity index (χ4n) is 2.94. The molecule has 3 heteroatoms. The van der Waals surface area contributed by atoms with Gasteiger partial charge in [-0.3, -0.25) is 0 Å². The van der Waals surface area contributed by atoms with Crippen LogP contribution in [0.1, 0.15) is 33.1 Å². The summed E-state index contributed by atoms with van der Waals surface area (Å²) in [6, 6.07) is 0.709. The topological polar surface area (TPSA) is 24.5 Å². The zero-order valence-electron chi connectivity index (χ0n) is 12.0. The van der Waals surface area contributed by atoms with E-state index in [2.05, 4.69) is 38.2 Å². The van der Waals surface area contributed by atoms with Gasteiger partial charge in [0.05, 0.1) is 6.61 Å². The molecule has 3 atom stereocenters. The molecule has 0 saturated heterocycles. The van der Waals surface area contributed by atoms with Gasteiger partial charge in [0.2, 0.25) is 0 Å². The molecular formula is C14H30N2O. The molecule has 0 aromatic carbocycles. The first kappa shape index (κ1) is 14.9. The van der Waals surface area contributed by atoms with Crippen molar-refractivity contribution in [2.45, 2.75) is 39.2 Å². The summed E-state index contributed by atoms with van der Waals surface area (Å²) >= 11 is 0. The number of nitrogens with zero attached hydrogens (tertiary/aromatic N) is 1. The Labute approximate surface area is 107 Å². The fraction of sp³-hybridized carbons (Fsp3) is 1.00. The molecule has 0 bridgehead atoms. The van der Waals surface area contributed by atoms with Gasteiger partial charge in [-0.2, -0.15) is 0 Å². The first-order valence-corrected chi connectivity index (χ1v) is 7.10. The predicted molar refractivity (Wildman–Crippen MR) is 73.3 cm³/mol. The Hall–Kier alpha value is -0.120. The number of hydrogen-bond acceptors (Lipinski definition) is 3. The molecule has 1 rings (SSSR count). The van der Waals surface area contributed by atoms with E-state index in [1.807, 2.05) is 0 Å². The standard InChI is InChI=1S/C14H30N2O/c1-5-17-9-8-16(4)11-13-10-12(2)6-7-14(13)15-3/h12-15H,5-11H2,1-4H3. The zero-order chi connectivity index (χ0) is 12.7. The molecule has 102 valence electrons. The molecule has 0 aromatic rings. The van der Waals surface area contributed by atoms with Gasteiger partial charge in [0.25, 0.3) is 0 Å². The smallest absolute Gasteiger partial charge is 0.0593 e. The Balaban J connectivity index is 2.30. The molecule has 3 nitrogen and oxygen atoms in total. The summed E-state index contributed by atoms with van der Waals surface area (Å²) in [5, 5.41) is 3.49. The van der Waals surface area contributed by atoms with Crippen molar-refractivity contribution in [1.82, 2.24) is 10.2 Å². The van der Waals surface area contributed by atoms with Crippen LogP contribution in [0.15, 0.2) is 0 Å². The van der Waals surface area contributed by atoms with Gasteiger partial charge in [-0.25, -0.2) is 0 Å². The first-order chi connectivity index (χ1) is 8.17. The highest BCUT2D eigenvalue weighted by atomic mass is 16.5. The van der Waals surface area contributed by atoms with Crippen LogP contribution in [0.3, 0.4) is 0 Å². The fourth-order valence-corrected chi connectivity index (χ4v) is 2.94. The lowest BCUT2D eigenvalue weighted by molar-refractivity contribution is 0.104. The van der Waals surface area contributed by atoms with Crippen LogP contribution in [0.4, 0.5) is 0 Å². The van der Waals surface area contributed by atoms with Crippen molar-refractivity contribution in [3.63, 3.8) is 0 Å². The van der Waals surface area contributed by atoms with Crippen LogP contribution in [-0.4, -0.2) is 51.3 Å². The van der Waals surface area contributed by atoms with Crippen LogP contribution in [0, 0.1) is 11.8 Å². The Morgan fingerprint density at radius 2 is 2.12 bits per heavy atom. The van der Waals surface area contributed by atoms with E-state index in [0.29, 0.717) is 6.04 Å². The Morgan fingerprint density at radius 3 is 2.76 bits per heavy atom. The zero-order valence-corrected chi connectivity index (χ0v) is 12.0. The van der Waals surface area contributed by atoms with E-state index in [0.717, 1.165) is 31.6 Å². The van der Waals surface area contributed by atoms with Crippen molar-refractivity contribution < 1.29 is 4.74 Å². The summed E-state index contributed by atoms with van der Waals surface area (Å²) in [4.78, 5) is 2.42. The van der Waals surface area contributed by atoms with Gasteiger partial charge in [-0.15, -0.1) is 0 Å². The minimum absolute atomic E-state index is 0.709. The van der Waals surface area contributed by atoms with Gasteiger partial charge in [0, 0.05) is 25.7 Å². The summed E-state index contributed by atoms with van der Waals surface area (Å²) in [7, 11) is 4.32. The van der Waals surface area contributed by atoms with E-state index in [-0.39, 0.29) is 0 Å². The van der Waals surface area contributed by atoms with Gasteiger partial charge >= 0.3 is 0 Å². The minimum Gasteiger partial charge on any atom is -0.380 e. The number of rotatable bonds is 7. The lowest BCUT2D eigenvalue weighted by Gasteiger charge is -2.37. The maximum Gasteiger partial charge on any atom is 0.0593 e. The van der Waals surface area contributed by atoms with E-state index in [9.17, 15) is 0 Å². The van der Waals surface area contributed by atoms with Crippen molar-refractivity contribution >= 4 is 0 Å². The second kappa shape index (κ2) is 8.06. The monoisotopic (exact) mass is 242 g/mol. The quantitative estimate of drug-likeness (QED) is 0.691. The van der Waals surface area contributed by atoms with Crippen LogP contribution < -0.4 is 5.32 Å². The van der Waals surface area contributed by atoms with Crippen LogP contribution in [-0.2, 0) is 4.74 Å². The predicted octanol–water partition coefficient (Wildman–Crippen LogP) is 1.98. The van der Waals surface area contributed by atoms with Crippen molar-refractivity contribution in [2.24, 2.45) is 11.8 Å². The number of nitrogens with one attached hydrogen (secondary N) is 1. The number of ether oxygens (including phenoxy) is 1. The molecule has 0 spiro atoms. The molecule has 0 aromatic heterocycles. The van der Waals surface area contributed by atoms with Crippen LogP contribution in [0.5, 0.6) is 0 Å². The van der Waals surface area contributed by atoms with Gasteiger partial charge in [0.15, 0.2) is 0 Å². The van der Waals surface area contributed by atoms with Crippen LogP contribution in [0.25, 0.3) is 0 Å². The highest BCUT2D eigenvalue weighted by molar-refractivity contribution is 4.84. The summed E-state index contributed by atoms with van der Waals surface area (Å²) in [5.74, 6) is 1.69. The second-order valence-corrected chi connectivity index (χ2v) is 5.53. The molecule has 0 heterocycles. The molecule has 0 radical (unpaired) electrons. The molecule has 17 heavy (non-hydrogen) atoms. The van der Waals surface area contributed by atoms with Gasteiger partial charge < -0.3 is 15.0 Å². The third-order valence-electron chi connectivity index (χ3n) is 3.98. The summed E-state index contributed by atoms with van der Waals surface area (Å²) in [6.45, 7) is 8.38. The molecule has 1 N–H and O–H groups in total. The average Bonchev–Trinajstić information content (AvgIpc) is 2.29. The normalized spacial score (nSPS) is 29.8. The maximum absolute atomic E-state index is 5.41. The average molecular weight is 242 g/mol. The van der Waals surface area contributed by atoms with E-state index >= 15 is 0 Å². The van der Waals surface area contributed by atoms with Gasteiger partial charge in [-0.05, 0) is 52.1 Å². The number of hydrogen-bond donors (Lipinski definition) is 1. The molecule has 1 fully saturated rings. The molecule has 0 amide bonds. The highest BCUT2D eigenvalue weighted by Gasteiger charge is 2.28. The minimum atomic E-state index is 0.709. The van der Waals surface area contributed by atoms with Crippen LogP contribution >= 0.6 is 0 Å². The van der Waals surface area contributed by atoms with Gasteiger partial charge in [0.1, 0.15) is 0 Å². The van der Waals surface area contributed by atoms with E-state index in [4.69, 9.17) is 4.74 Å². The third kappa shape index (κ3) is 5.36. The van der Waals surface area contributed by atoms with E-state index in [1.165, 1.54) is 25.8 Å². The summed E-state index contributed by atoms with van der Waals surface area (Å²) in [6.07, 6.45) is 4.08. The van der Waals surface area contributed by atoms with Crippen LogP contribution in [0.2, 0.25) is 0 Å². The van der Waals surface area contributed by atoms with Crippen molar-refractivity contribution in [2.75, 3.05) is 40.4 Å². The van der Waals surface area contributed by atoms with E-state index in [1.54, 1.807) is 0 Å². The highest BCUT2D eigenvalue weighted by Crippen LogP contribution is 2.29. The van der Waals surface area contributed by atoms with E-state index < -0.39 is 0 Å². The Morgan fingerprint density at radius 1 is 1.35 bits per heavy atom. The molecule has 1 saturated carbocycles. The molecule has 3 unspecified atom stereocenters. The molecule has 1 aliphatic carbocycles. The first-order valence-electron chi connectivity index (χ1n) is 7.10. The SMILES string of the molecule is CCOCCN(C)CC1CC(C)CCC1NC. The van der Waals surface area contributed by atoms with Crippen molar-refractivity contribution in [1.29, 1.82) is 0 Å². The Kier molecular flexibility index (Phi) is 7.09. The third-order valence-corrected chi connectivity index (χ3v) is 3.98. The van der Waals surface area contributed by atoms with Crippen molar-refractivity contribution in [3.05, 3.63) is 0 Å². The number of likely N-dealkylation sites (N-methyl/N-ethyl adjacent to an activating group) is 1. The largest absolute Gasteiger partial charge is 0.380 e. The summed E-state index contributed by atoms with van der Waals surface area (Å²) in [5.41, 5.74) is 0.